The summed E-state index contributed by atoms with van der Waals surface area (Å²) in [5.41, 5.74) is 9.62. The van der Waals surface area contributed by atoms with Crippen molar-refractivity contribution in [2.24, 2.45) is 0 Å². The Bertz CT molecular complexity index is 415. The second-order valence-corrected chi connectivity index (χ2v) is 3.88. The number of aryl methyl sites for hydroxylation is 2. The zero-order valence-electron chi connectivity index (χ0n) is 9.00. The number of nitrogens with one attached hydrogen (secondary N) is 1. The van der Waals surface area contributed by atoms with E-state index in [9.17, 15) is 4.79 Å². The average Bonchev–Trinajstić information content (AvgIpc) is 2.58. The van der Waals surface area contributed by atoms with Gasteiger partial charge in [0.2, 0.25) is 0 Å². The van der Waals surface area contributed by atoms with E-state index >= 15 is 0 Å². The van der Waals surface area contributed by atoms with Crippen LogP contribution in [0.2, 0.25) is 0 Å². The minimum atomic E-state index is -0.0404. The van der Waals surface area contributed by atoms with E-state index in [1.807, 2.05) is 26.0 Å². The fourth-order valence-electron chi connectivity index (χ4n) is 1.85. The van der Waals surface area contributed by atoms with Crippen molar-refractivity contribution in [3.63, 3.8) is 0 Å². The molecule has 4 heteroatoms. The molecule has 0 saturated carbocycles. The Hall–Kier alpha value is -1.71. The number of rotatable bonds is 1. The summed E-state index contributed by atoms with van der Waals surface area (Å²) in [6.45, 7) is 5.37. The number of carbonyl (C=O) groups excluding carboxylic acids is 1. The predicted molar refractivity (Wildman–Crippen MR) is 61.1 cm³/mol. The highest BCUT2D eigenvalue weighted by molar-refractivity contribution is 5.95. The summed E-state index contributed by atoms with van der Waals surface area (Å²) in [6, 6.07) is 3.84. The van der Waals surface area contributed by atoms with Gasteiger partial charge in [0.05, 0.1) is 5.69 Å². The van der Waals surface area contributed by atoms with Gasteiger partial charge in [0.25, 0.3) is 0 Å². The molecule has 15 heavy (non-hydrogen) atoms. The minimum absolute atomic E-state index is 0.0404. The summed E-state index contributed by atoms with van der Waals surface area (Å²) >= 11 is 0. The number of amides is 2. The Balaban J connectivity index is 2.43. The molecule has 80 valence electrons. The molecule has 0 aliphatic carbocycles. The first-order chi connectivity index (χ1) is 7.09. The van der Waals surface area contributed by atoms with Crippen molar-refractivity contribution in [2.75, 3.05) is 23.7 Å². The van der Waals surface area contributed by atoms with Crippen molar-refractivity contribution in [2.45, 2.75) is 13.8 Å². The summed E-state index contributed by atoms with van der Waals surface area (Å²) in [5, 5.41) is 2.78. The molecule has 2 amide bonds. The van der Waals surface area contributed by atoms with E-state index in [0.29, 0.717) is 13.1 Å². The maximum atomic E-state index is 11.5. The van der Waals surface area contributed by atoms with Gasteiger partial charge in [0.1, 0.15) is 0 Å². The molecule has 1 fully saturated rings. The molecule has 3 N–H and O–H groups in total. The van der Waals surface area contributed by atoms with E-state index < -0.39 is 0 Å². The normalized spacial score (nSPS) is 15.6. The van der Waals surface area contributed by atoms with E-state index in [0.717, 1.165) is 22.5 Å². The molecule has 0 unspecified atom stereocenters. The monoisotopic (exact) mass is 205 g/mol. The lowest BCUT2D eigenvalue weighted by atomic mass is 10.1. The van der Waals surface area contributed by atoms with E-state index in [1.54, 1.807) is 4.90 Å². The number of hydrogen-bond acceptors (Lipinski definition) is 2. The van der Waals surface area contributed by atoms with Crippen molar-refractivity contribution in [3.8, 4) is 0 Å². The van der Waals surface area contributed by atoms with Crippen LogP contribution in [0.1, 0.15) is 11.1 Å². The third-order valence-electron chi connectivity index (χ3n) is 2.73. The number of anilines is 2. The molecule has 1 aliphatic heterocycles. The lowest BCUT2D eigenvalue weighted by molar-refractivity contribution is 0.252. The number of nitrogen functional groups attached to an aromatic ring is 1. The molecule has 0 atom stereocenters. The van der Waals surface area contributed by atoms with Crippen LogP contribution >= 0.6 is 0 Å². The molecule has 1 aliphatic rings. The molecule has 0 spiro atoms. The van der Waals surface area contributed by atoms with Crippen LogP contribution in [0.25, 0.3) is 0 Å². The van der Waals surface area contributed by atoms with Crippen molar-refractivity contribution in [1.82, 2.24) is 5.32 Å². The third-order valence-corrected chi connectivity index (χ3v) is 2.73. The number of nitrogens with zero attached hydrogens (tertiary/aromatic N) is 1. The Labute approximate surface area is 89.1 Å². The van der Waals surface area contributed by atoms with Crippen molar-refractivity contribution >= 4 is 17.4 Å². The van der Waals surface area contributed by atoms with E-state index in [4.69, 9.17) is 5.73 Å². The van der Waals surface area contributed by atoms with Gasteiger partial charge in [-0.25, -0.2) is 4.79 Å². The molecule has 0 aromatic heterocycles. The zero-order valence-corrected chi connectivity index (χ0v) is 9.00. The highest BCUT2D eigenvalue weighted by Gasteiger charge is 2.22. The SMILES string of the molecule is Cc1cc(C)c(N2CCNC2=O)cc1N. The summed E-state index contributed by atoms with van der Waals surface area (Å²) in [7, 11) is 0. The lowest BCUT2D eigenvalue weighted by Gasteiger charge is -2.18. The molecule has 4 nitrogen and oxygen atoms in total. The first-order valence-electron chi connectivity index (χ1n) is 5.01. The molecule has 1 aromatic carbocycles. The fraction of sp³-hybridized carbons (Fsp3) is 0.364. The third kappa shape index (κ3) is 1.63. The zero-order chi connectivity index (χ0) is 11.0. The van der Waals surface area contributed by atoms with Gasteiger partial charge in [-0.15, -0.1) is 0 Å². The van der Waals surface area contributed by atoms with Crippen LogP contribution in [0.4, 0.5) is 16.2 Å². The quantitative estimate of drug-likeness (QED) is 0.681. The van der Waals surface area contributed by atoms with Crippen molar-refractivity contribution in [3.05, 3.63) is 23.3 Å². The van der Waals surface area contributed by atoms with E-state index in [2.05, 4.69) is 5.32 Å². The smallest absolute Gasteiger partial charge is 0.322 e. The number of urea groups is 1. The summed E-state index contributed by atoms with van der Waals surface area (Å²) in [5.74, 6) is 0. The Morgan fingerprint density at radius 1 is 1.33 bits per heavy atom. The van der Waals surface area contributed by atoms with Crippen LogP contribution < -0.4 is 16.0 Å². The molecule has 1 heterocycles. The summed E-state index contributed by atoms with van der Waals surface area (Å²) in [6.07, 6.45) is 0. The standard InChI is InChI=1S/C11H15N3O/c1-7-5-8(2)10(6-9(7)12)14-4-3-13-11(14)15/h5-6H,3-4,12H2,1-2H3,(H,13,15). The van der Waals surface area contributed by atoms with Gasteiger partial charge in [-0.2, -0.15) is 0 Å². The van der Waals surface area contributed by atoms with Crippen LogP contribution in [-0.4, -0.2) is 19.1 Å². The van der Waals surface area contributed by atoms with Crippen LogP contribution in [0.3, 0.4) is 0 Å². The van der Waals surface area contributed by atoms with E-state index in [-0.39, 0.29) is 6.03 Å². The number of hydrogen-bond donors (Lipinski definition) is 2. The van der Waals surface area contributed by atoms with Gasteiger partial charge >= 0.3 is 6.03 Å². The second-order valence-electron chi connectivity index (χ2n) is 3.88. The maximum Gasteiger partial charge on any atom is 0.322 e. The molecular weight excluding hydrogens is 190 g/mol. The van der Waals surface area contributed by atoms with Gasteiger partial charge in [0.15, 0.2) is 0 Å². The van der Waals surface area contributed by atoms with Crippen LogP contribution in [0.5, 0.6) is 0 Å². The predicted octanol–water partition coefficient (Wildman–Crippen LogP) is 1.42. The van der Waals surface area contributed by atoms with Gasteiger partial charge in [-0.3, -0.25) is 4.90 Å². The number of carbonyl (C=O) groups is 1. The van der Waals surface area contributed by atoms with Gasteiger partial charge < -0.3 is 11.1 Å². The second kappa shape index (κ2) is 3.46. The summed E-state index contributed by atoms with van der Waals surface area (Å²) in [4.78, 5) is 13.2. The first-order valence-corrected chi connectivity index (χ1v) is 5.01. The average molecular weight is 205 g/mol. The lowest BCUT2D eigenvalue weighted by Crippen LogP contribution is -2.28. The first kappa shape index (κ1) is 9.83. The molecule has 0 bridgehead atoms. The molecule has 2 rings (SSSR count). The maximum absolute atomic E-state index is 11.5. The highest BCUT2D eigenvalue weighted by Crippen LogP contribution is 2.26. The summed E-state index contributed by atoms with van der Waals surface area (Å²) < 4.78 is 0. The molecule has 1 saturated heterocycles. The number of nitrogens with two attached hydrogens (primary N) is 1. The molecular formula is C11H15N3O. The Morgan fingerprint density at radius 3 is 2.67 bits per heavy atom. The Kier molecular flexibility index (Phi) is 2.26. The molecule has 1 aromatic rings. The van der Waals surface area contributed by atoms with Gasteiger partial charge in [-0.05, 0) is 31.0 Å². The van der Waals surface area contributed by atoms with Crippen LogP contribution in [0, 0.1) is 13.8 Å². The topological polar surface area (TPSA) is 58.4 Å². The number of benzene rings is 1. The van der Waals surface area contributed by atoms with E-state index in [1.165, 1.54) is 0 Å². The van der Waals surface area contributed by atoms with Crippen molar-refractivity contribution in [1.29, 1.82) is 0 Å². The highest BCUT2D eigenvalue weighted by atomic mass is 16.2. The van der Waals surface area contributed by atoms with Crippen molar-refractivity contribution < 1.29 is 4.79 Å². The van der Waals surface area contributed by atoms with Crippen LogP contribution in [-0.2, 0) is 0 Å². The minimum Gasteiger partial charge on any atom is -0.398 e. The molecule has 0 radical (unpaired) electrons. The largest absolute Gasteiger partial charge is 0.398 e. The van der Waals surface area contributed by atoms with Crippen LogP contribution in [0.15, 0.2) is 12.1 Å². The van der Waals surface area contributed by atoms with Gasteiger partial charge in [-0.1, -0.05) is 6.07 Å². The fourth-order valence-corrected chi connectivity index (χ4v) is 1.85. The van der Waals surface area contributed by atoms with Gasteiger partial charge in [0, 0.05) is 18.8 Å². The Morgan fingerprint density at radius 2 is 2.07 bits per heavy atom.